The number of aromatic nitrogens is 2. The van der Waals surface area contributed by atoms with Gasteiger partial charge in [0.2, 0.25) is 5.89 Å². The van der Waals surface area contributed by atoms with Crippen molar-refractivity contribution in [1.29, 1.82) is 0 Å². The lowest BCUT2D eigenvalue weighted by molar-refractivity contribution is 0.269. The van der Waals surface area contributed by atoms with Gasteiger partial charge in [0.25, 0.3) is 0 Å². The van der Waals surface area contributed by atoms with Gasteiger partial charge < -0.3 is 14.7 Å². The Kier molecular flexibility index (Phi) is 4.62. The largest absolute Gasteiger partial charge is 0.340 e. The van der Waals surface area contributed by atoms with E-state index in [0.717, 1.165) is 38.4 Å². The highest BCUT2D eigenvalue weighted by molar-refractivity contribution is 5.19. The number of aryl methyl sites for hydroxylation is 1. The SMILES string of the molecule is Cc1nc(CCN2CCCNC(c3ccccc3)C2)no1. The van der Waals surface area contributed by atoms with Gasteiger partial charge in [-0.2, -0.15) is 4.98 Å². The third-order valence-electron chi connectivity index (χ3n) is 3.91. The molecule has 5 nitrogen and oxygen atoms in total. The molecule has 3 rings (SSSR count). The second-order valence-electron chi connectivity index (χ2n) is 5.55. The maximum atomic E-state index is 5.03. The van der Waals surface area contributed by atoms with Gasteiger partial charge in [-0.1, -0.05) is 35.5 Å². The van der Waals surface area contributed by atoms with Crippen LogP contribution in [0.4, 0.5) is 0 Å². The first kappa shape index (κ1) is 14.2. The minimum absolute atomic E-state index is 0.403. The topological polar surface area (TPSA) is 54.2 Å². The van der Waals surface area contributed by atoms with Crippen LogP contribution in [0.3, 0.4) is 0 Å². The molecule has 0 saturated carbocycles. The molecule has 0 spiro atoms. The number of hydrogen-bond donors (Lipinski definition) is 1. The number of hydrogen-bond acceptors (Lipinski definition) is 5. The molecule has 112 valence electrons. The van der Waals surface area contributed by atoms with Crippen molar-refractivity contribution in [3.63, 3.8) is 0 Å². The van der Waals surface area contributed by atoms with E-state index >= 15 is 0 Å². The van der Waals surface area contributed by atoms with Crippen LogP contribution in [-0.4, -0.2) is 41.2 Å². The van der Waals surface area contributed by atoms with Gasteiger partial charge >= 0.3 is 0 Å². The molecular formula is C16H22N4O. The van der Waals surface area contributed by atoms with Gasteiger partial charge in [0.15, 0.2) is 5.82 Å². The molecule has 1 aliphatic heterocycles. The molecule has 0 amide bonds. The molecule has 2 heterocycles. The fourth-order valence-corrected chi connectivity index (χ4v) is 2.81. The Bertz CT molecular complexity index is 554. The normalized spacial score (nSPS) is 20.3. The van der Waals surface area contributed by atoms with Crippen LogP contribution >= 0.6 is 0 Å². The summed E-state index contributed by atoms with van der Waals surface area (Å²) >= 11 is 0. The van der Waals surface area contributed by atoms with E-state index in [2.05, 4.69) is 50.7 Å². The average molecular weight is 286 g/mol. The van der Waals surface area contributed by atoms with Crippen LogP contribution in [0, 0.1) is 6.92 Å². The van der Waals surface area contributed by atoms with Crippen molar-refractivity contribution < 1.29 is 4.52 Å². The molecule has 0 aliphatic carbocycles. The predicted octanol–water partition coefficient (Wildman–Crippen LogP) is 1.96. The number of rotatable bonds is 4. The van der Waals surface area contributed by atoms with Gasteiger partial charge in [-0.15, -0.1) is 0 Å². The fraction of sp³-hybridized carbons (Fsp3) is 0.500. The highest BCUT2D eigenvalue weighted by Gasteiger charge is 2.19. The third kappa shape index (κ3) is 3.89. The summed E-state index contributed by atoms with van der Waals surface area (Å²) in [6.07, 6.45) is 2.02. The van der Waals surface area contributed by atoms with Gasteiger partial charge in [-0.05, 0) is 25.1 Å². The molecule has 1 aromatic carbocycles. The molecule has 0 radical (unpaired) electrons. The molecule has 1 aromatic heterocycles. The Morgan fingerprint density at radius 1 is 1.33 bits per heavy atom. The van der Waals surface area contributed by atoms with E-state index in [9.17, 15) is 0 Å². The van der Waals surface area contributed by atoms with Crippen molar-refractivity contribution in [2.24, 2.45) is 0 Å². The summed E-state index contributed by atoms with van der Waals surface area (Å²) in [6, 6.07) is 11.1. The van der Waals surface area contributed by atoms with Crippen LogP contribution < -0.4 is 5.32 Å². The van der Waals surface area contributed by atoms with E-state index in [1.807, 2.05) is 6.92 Å². The summed E-state index contributed by atoms with van der Waals surface area (Å²) in [4.78, 5) is 6.77. The lowest BCUT2D eigenvalue weighted by Crippen LogP contribution is -2.33. The Balaban J connectivity index is 1.60. The molecule has 1 fully saturated rings. The zero-order valence-electron chi connectivity index (χ0n) is 12.5. The Morgan fingerprint density at radius 2 is 2.19 bits per heavy atom. The first-order valence-corrected chi connectivity index (χ1v) is 7.61. The highest BCUT2D eigenvalue weighted by atomic mass is 16.5. The van der Waals surface area contributed by atoms with Crippen molar-refractivity contribution >= 4 is 0 Å². The summed E-state index contributed by atoms with van der Waals surface area (Å²) < 4.78 is 5.03. The van der Waals surface area contributed by atoms with Crippen LogP contribution in [0.15, 0.2) is 34.9 Å². The summed E-state index contributed by atoms with van der Waals surface area (Å²) in [6.45, 7) is 6.02. The number of benzene rings is 1. The second kappa shape index (κ2) is 6.83. The standard InChI is InChI=1S/C16H22N4O/c1-13-18-16(19-21-13)8-11-20-10-5-9-17-15(12-20)14-6-3-2-4-7-14/h2-4,6-7,15,17H,5,8-12H2,1H3. The van der Waals surface area contributed by atoms with Crippen LogP contribution in [0.25, 0.3) is 0 Å². The first-order chi connectivity index (χ1) is 10.3. The molecular weight excluding hydrogens is 264 g/mol. The molecule has 1 unspecified atom stereocenters. The molecule has 0 bridgehead atoms. The van der Waals surface area contributed by atoms with Crippen molar-refractivity contribution in [1.82, 2.24) is 20.4 Å². The molecule has 5 heteroatoms. The van der Waals surface area contributed by atoms with E-state index < -0.39 is 0 Å². The van der Waals surface area contributed by atoms with E-state index in [-0.39, 0.29) is 0 Å². The molecule has 1 atom stereocenters. The molecule has 1 N–H and O–H groups in total. The maximum absolute atomic E-state index is 5.03. The Labute approximate surface area is 125 Å². The van der Waals surface area contributed by atoms with Crippen LogP contribution in [-0.2, 0) is 6.42 Å². The number of nitrogens with zero attached hydrogens (tertiary/aromatic N) is 3. The van der Waals surface area contributed by atoms with Crippen LogP contribution in [0.2, 0.25) is 0 Å². The monoisotopic (exact) mass is 286 g/mol. The molecule has 2 aromatic rings. The maximum Gasteiger partial charge on any atom is 0.223 e. The lowest BCUT2D eigenvalue weighted by Gasteiger charge is -2.24. The van der Waals surface area contributed by atoms with Gasteiger partial charge in [0, 0.05) is 32.5 Å². The van der Waals surface area contributed by atoms with E-state index in [1.165, 1.54) is 12.0 Å². The van der Waals surface area contributed by atoms with E-state index in [1.54, 1.807) is 0 Å². The molecule has 1 aliphatic rings. The van der Waals surface area contributed by atoms with Gasteiger partial charge in [0.05, 0.1) is 0 Å². The Morgan fingerprint density at radius 3 is 2.95 bits per heavy atom. The lowest BCUT2D eigenvalue weighted by atomic mass is 10.1. The first-order valence-electron chi connectivity index (χ1n) is 7.61. The van der Waals surface area contributed by atoms with Crippen LogP contribution in [0.1, 0.15) is 29.7 Å². The summed E-state index contributed by atoms with van der Waals surface area (Å²) in [5.74, 6) is 1.45. The number of nitrogens with one attached hydrogen (secondary N) is 1. The van der Waals surface area contributed by atoms with Gasteiger partial charge in [0.1, 0.15) is 0 Å². The van der Waals surface area contributed by atoms with Crippen molar-refractivity contribution in [3.05, 3.63) is 47.6 Å². The van der Waals surface area contributed by atoms with E-state index in [0.29, 0.717) is 11.9 Å². The highest BCUT2D eigenvalue weighted by Crippen LogP contribution is 2.17. The zero-order valence-corrected chi connectivity index (χ0v) is 12.5. The fourth-order valence-electron chi connectivity index (χ4n) is 2.81. The van der Waals surface area contributed by atoms with Crippen molar-refractivity contribution in [3.8, 4) is 0 Å². The Hall–Kier alpha value is -1.72. The summed E-state index contributed by atoms with van der Waals surface area (Å²) in [5, 5.41) is 7.61. The molecule has 21 heavy (non-hydrogen) atoms. The summed E-state index contributed by atoms with van der Waals surface area (Å²) in [5.41, 5.74) is 1.36. The predicted molar refractivity (Wildman–Crippen MR) is 81.0 cm³/mol. The van der Waals surface area contributed by atoms with Crippen LogP contribution in [0.5, 0.6) is 0 Å². The average Bonchev–Trinajstić information content (AvgIpc) is 2.79. The minimum Gasteiger partial charge on any atom is -0.340 e. The minimum atomic E-state index is 0.403. The van der Waals surface area contributed by atoms with Gasteiger partial charge in [-0.3, -0.25) is 0 Å². The molecule has 1 saturated heterocycles. The second-order valence-corrected chi connectivity index (χ2v) is 5.55. The smallest absolute Gasteiger partial charge is 0.223 e. The third-order valence-corrected chi connectivity index (χ3v) is 3.91. The summed E-state index contributed by atoms with van der Waals surface area (Å²) in [7, 11) is 0. The van der Waals surface area contributed by atoms with Gasteiger partial charge in [-0.25, -0.2) is 0 Å². The zero-order chi connectivity index (χ0) is 14.5. The quantitative estimate of drug-likeness (QED) is 0.931. The van der Waals surface area contributed by atoms with Crippen molar-refractivity contribution in [2.45, 2.75) is 25.8 Å². The van der Waals surface area contributed by atoms with Crippen molar-refractivity contribution in [2.75, 3.05) is 26.2 Å². The van der Waals surface area contributed by atoms with E-state index in [4.69, 9.17) is 4.52 Å².